The number of hydrogen-bond donors (Lipinski definition) is 0. The van der Waals surface area contributed by atoms with Crippen LogP contribution in [-0.4, -0.2) is 38.9 Å². The molecule has 0 aliphatic rings. The summed E-state index contributed by atoms with van der Waals surface area (Å²) < 4.78 is 68.0. The van der Waals surface area contributed by atoms with Crippen molar-refractivity contribution in [1.82, 2.24) is 4.31 Å². The van der Waals surface area contributed by atoms with Gasteiger partial charge in [0.15, 0.2) is 17.5 Å². The number of likely N-dealkylation sites (N-methyl/N-ethyl adjacent to an activating group) is 1. The lowest BCUT2D eigenvalue weighted by atomic mass is 10.2. The molecule has 9 heteroatoms. The molecule has 0 saturated carbocycles. The third-order valence-corrected chi connectivity index (χ3v) is 4.30. The Bertz CT molecular complexity index is 610. The summed E-state index contributed by atoms with van der Waals surface area (Å²) in [4.78, 5) is 11.2. The van der Waals surface area contributed by atoms with Crippen molar-refractivity contribution in [2.24, 2.45) is 0 Å². The van der Waals surface area contributed by atoms with E-state index in [1.165, 1.54) is 0 Å². The van der Waals surface area contributed by atoms with Crippen molar-refractivity contribution in [3.05, 3.63) is 35.1 Å². The lowest BCUT2D eigenvalue weighted by Crippen LogP contribution is -2.34. The van der Waals surface area contributed by atoms with E-state index in [-0.39, 0.29) is 12.2 Å². The molecule has 0 unspecified atom stereocenters. The number of hydrogen-bond acceptors (Lipinski definition) is 4. The second-order valence-electron chi connectivity index (χ2n) is 4.19. The van der Waals surface area contributed by atoms with Crippen LogP contribution in [0.5, 0.6) is 0 Å². The minimum Gasteiger partial charge on any atom is -0.465 e. The van der Waals surface area contributed by atoms with Gasteiger partial charge >= 0.3 is 5.97 Å². The van der Waals surface area contributed by atoms with Crippen LogP contribution in [0.25, 0.3) is 0 Å². The predicted molar refractivity (Wildman–Crippen MR) is 68.2 cm³/mol. The molecule has 5 nitrogen and oxygen atoms in total. The van der Waals surface area contributed by atoms with Gasteiger partial charge in [-0.2, -0.15) is 4.31 Å². The SMILES string of the molecule is CCOC(=O)CN(C)S(=O)(=O)Cc1cc(F)c(F)c(F)c1. The number of rotatable bonds is 6. The Morgan fingerprint density at radius 2 is 1.76 bits per heavy atom. The van der Waals surface area contributed by atoms with Gasteiger partial charge in [-0.3, -0.25) is 4.79 Å². The number of ether oxygens (including phenoxy) is 1. The lowest BCUT2D eigenvalue weighted by Gasteiger charge is -2.16. The first-order chi connectivity index (χ1) is 9.67. The molecule has 1 aromatic carbocycles. The first-order valence-corrected chi connectivity index (χ1v) is 7.51. The van der Waals surface area contributed by atoms with Crippen LogP contribution in [0.15, 0.2) is 12.1 Å². The lowest BCUT2D eigenvalue weighted by molar-refractivity contribution is -0.143. The van der Waals surface area contributed by atoms with Gasteiger partial charge in [-0.1, -0.05) is 0 Å². The van der Waals surface area contributed by atoms with Gasteiger partial charge in [0.25, 0.3) is 0 Å². The molecule has 0 aliphatic carbocycles. The molecular formula is C12H14F3NO4S. The Hall–Kier alpha value is -1.61. The number of carbonyl (C=O) groups excluding carboxylic acids is 1. The quantitative estimate of drug-likeness (QED) is 0.586. The molecule has 1 rings (SSSR count). The average molecular weight is 325 g/mol. The summed E-state index contributed by atoms with van der Waals surface area (Å²) in [5.41, 5.74) is -0.262. The molecule has 0 radical (unpaired) electrons. The molecule has 1 aromatic rings. The van der Waals surface area contributed by atoms with Gasteiger partial charge in [-0.05, 0) is 24.6 Å². The normalized spacial score (nSPS) is 11.7. The monoisotopic (exact) mass is 325 g/mol. The highest BCUT2D eigenvalue weighted by atomic mass is 32.2. The molecule has 0 aromatic heterocycles. The molecular weight excluding hydrogens is 311 g/mol. The molecule has 0 atom stereocenters. The van der Waals surface area contributed by atoms with Crippen molar-refractivity contribution >= 4 is 16.0 Å². The maximum atomic E-state index is 13.0. The van der Waals surface area contributed by atoms with Gasteiger partial charge in [-0.15, -0.1) is 0 Å². The van der Waals surface area contributed by atoms with Crippen molar-refractivity contribution in [2.45, 2.75) is 12.7 Å². The molecule has 0 saturated heterocycles. The van der Waals surface area contributed by atoms with E-state index in [0.717, 1.165) is 7.05 Å². The maximum absolute atomic E-state index is 13.0. The van der Waals surface area contributed by atoms with Gasteiger partial charge in [0, 0.05) is 7.05 Å². The number of sulfonamides is 1. The number of halogens is 3. The third kappa shape index (κ3) is 4.71. The van der Waals surface area contributed by atoms with Crippen molar-refractivity contribution in [3.8, 4) is 0 Å². The molecule has 0 amide bonds. The van der Waals surface area contributed by atoms with Gasteiger partial charge in [0.2, 0.25) is 10.0 Å². The van der Waals surface area contributed by atoms with E-state index in [0.29, 0.717) is 16.4 Å². The van der Waals surface area contributed by atoms with Crippen molar-refractivity contribution in [3.63, 3.8) is 0 Å². The van der Waals surface area contributed by atoms with Crippen LogP contribution < -0.4 is 0 Å². The van der Waals surface area contributed by atoms with Crippen LogP contribution in [-0.2, 0) is 25.3 Å². The van der Waals surface area contributed by atoms with Crippen molar-refractivity contribution < 1.29 is 31.1 Å². The molecule has 21 heavy (non-hydrogen) atoms. The summed E-state index contributed by atoms with van der Waals surface area (Å²) in [6.07, 6.45) is 0. The van der Waals surface area contributed by atoms with Gasteiger partial charge in [0.05, 0.1) is 12.4 Å². The Kier molecular flexibility index (Phi) is 5.73. The highest BCUT2D eigenvalue weighted by Crippen LogP contribution is 2.16. The van der Waals surface area contributed by atoms with E-state index in [4.69, 9.17) is 0 Å². The maximum Gasteiger partial charge on any atom is 0.321 e. The second kappa shape index (κ2) is 6.90. The predicted octanol–water partition coefficient (Wildman–Crippen LogP) is 1.43. The summed E-state index contributed by atoms with van der Waals surface area (Å²) >= 11 is 0. The Morgan fingerprint density at radius 3 is 2.24 bits per heavy atom. The number of nitrogens with zero attached hydrogens (tertiary/aromatic N) is 1. The van der Waals surface area contributed by atoms with E-state index < -0.39 is 45.7 Å². The minimum absolute atomic E-state index is 0.0983. The fraction of sp³-hybridized carbons (Fsp3) is 0.417. The summed E-state index contributed by atoms with van der Waals surface area (Å²) in [7, 11) is -2.87. The van der Waals surface area contributed by atoms with Crippen LogP contribution >= 0.6 is 0 Å². The molecule has 0 fully saturated rings. The molecule has 0 aliphatic heterocycles. The zero-order valence-electron chi connectivity index (χ0n) is 11.4. The van der Waals surface area contributed by atoms with E-state index in [1.807, 2.05) is 0 Å². The second-order valence-corrected chi connectivity index (χ2v) is 6.27. The smallest absolute Gasteiger partial charge is 0.321 e. The minimum atomic E-state index is -4.00. The largest absolute Gasteiger partial charge is 0.465 e. The topological polar surface area (TPSA) is 63.7 Å². The van der Waals surface area contributed by atoms with Crippen molar-refractivity contribution in [2.75, 3.05) is 20.2 Å². The molecule has 0 spiro atoms. The van der Waals surface area contributed by atoms with Crippen LogP contribution in [0.4, 0.5) is 13.2 Å². The van der Waals surface area contributed by atoms with Crippen molar-refractivity contribution in [1.29, 1.82) is 0 Å². The zero-order valence-corrected chi connectivity index (χ0v) is 12.2. The number of esters is 1. The summed E-state index contributed by atoms with van der Waals surface area (Å²) in [5.74, 6) is -6.14. The van der Waals surface area contributed by atoms with Crippen LogP contribution in [0.1, 0.15) is 12.5 Å². The Labute approximate surface area is 120 Å². The molecule has 0 bridgehead atoms. The zero-order chi connectivity index (χ0) is 16.2. The fourth-order valence-electron chi connectivity index (χ4n) is 1.50. The molecule has 0 heterocycles. The average Bonchev–Trinajstić information content (AvgIpc) is 2.35. The van der Waals surface area contributed by atoms with Gasteiger partial charge < -0.3 is 4.74 Å². The Balaban J connectivity index is 2.87. The van der Waals surface area contributed by atoms with Crippen LogP contribution in [0.2, 0.25) is 0 Å². The number of carbonyl (C=O) groups is 1. The van der Waals surface area contributed by atoms with E-state index in [1.54, 1.807) is 6.92 Å². The summed E-state index contributed by atoms with van der Waals surface area (Å²) in [6.45, 7) is 1.14. The fourth-order valence-corrected chi connectivity index (χ4v) is 2.61. The van der Waals surface area contributed by atoms with E-state index in [2.05, 4.69) is 4.74 Å². The van der Waals surface area contributed by atoms with Gasteiger partial charge in [0.1, 0.15) is 6.54 Å². The molecule has 0 N–H and O–H groups in total. The highest BCUT2D eigenvalue weighted by Gasteiger charge is 2.23. The standard InChI is InChI=1S/C12H14F3NO4S/c1-3-20-11(17)6-16(2)21(18,19)7-8-4-9(13)12(15)10(14)5-8/h4-5H,3,6-7H2,1-2H3. The van der Waals surface area contributed by atoms with Gasteiger partial charge in [-0.25, -0.2) is 21.6 Å². The molecule has 118 valence electrons. The highest BCUT2D eigenvalue weighted by molar-refractivity contribution is 7.88. The number of benzene rings is 1. The van der Waals surface area contributed by atoms with Crippen LogP contribution in [0.3, 0.4) is 0 Å². The summed E-state index contributed by atoms with van der Waals surface area (Å²) in [5, 5.41) is 0. The Morgan fingerprint density at radius 1 is 1.24 bits per heavy atom. The first-order valence-electron chi connectivity index (χ1n) is 5.90. The third-order valence-electron chi connectivity index (χ3n) is 2.52. The van der Waals surface area contributed by atoms with E-state index in [9.17, 15) is 26.4 Å². The first kappa shape index (κ1) is 17.4. The summed E-state index contributed by atoms with van der Waals surface area (Å²) in [6, 6.07) is 1.18. The van der Waals surface area contributed by atoms with E-state index >= 15 is 0 Å². The van der Waals surface area contributed by atoms with Crippen LogP contribution in [0, 0.1) is 17.5 Å².